The maximum atomic E-state index is 13.2. The minimum absolute atomic E-state index is 0.0191. The summed E-state index contributed by atoms with van der Waals surface area (Å²) < 4.78 is 5.78. The number of imide groups is 1. The summed E-state index contributed by atoms with van der Waals surface area (Å²) in [5.41, 5.74) is 2.14. The van der Waals surface area contributed by atoms with Gasteiger partial charge in [0, 0.05) is 18.0 Å². The maximum absolute atomic E-state index is 13.2. The molecule has 4 rings (SSSR count). The number of hydrogen-bond donors (Lipinski definition) is 0. The van der Waals surface area contributed by atoms with Crippen LogP contribution in [0.15, 0.2) is 52.9 Å². The lowest BCUT2D eigenvalue weighted by Crippen LogP contribution is -2.54. The van der Waals surface area contributed by atoms with Gasteiger partial charge in [-0.1, -0.05) is 19.1 Å². The van der Waals surface area contributed by atoms with E-state index in [0.29, 0.717) is 23.6 Å². The monoisotopic (exact) mass is 419 g/mol. The third kappa shape index (κ3) is 3.60. The molecule has 0 saturated carbocycles. The number of amides is 3. The standard InChI is InChI=1S/C24H25N3O4/c1-5-24(3,4)27(15(2)28)19-14-21(29)26(23(19)30)17-12-10-16(11-13-17)22-25-18-8-6-7-9-20(18)31-22/h6-13,19H,5,14H2,1-4H3. The molecule has 1 aliphatic heterocycles. The van der Waals surface area contributed by atoms with E-state index in [1.807, 2.05) is 45.0 Å². The molecule has 7 heteroatoms. The summed E-state index contributed by atoms with van der Waals surface area (Å²) in [4.78, 5) is 45.4. The van der Waals surface area contributed by atoms with Crippen LogP contribution >= 0.6 is 0 Å². The second kappa shape index (κ2) is 7.65. The van der Waals surface area contributed by atoms with Gasteiger partial charge in [0.2, 0.25) is 17.7 Å². The van der Waals surface area contributed by atoms with Crippen molar-refractivity contribution in [3.63, 3.8) is 0 Å². The molecule has 1 fully saturated rings. The summed E-state index contributed by atoms with van der Waals surface area (Å²) in [6.45, 7) is 7.21. The van der Waals surface area contributed by atoms with E-state index in [0.717, 1.165) is 11.1 Å². The zero-order valence-corrected chi connectivity index (χ0v) is 18.1. The van der Waals surface area contributed by atoms with Crippen LogP contribution in [0.4, 0.5) is 5.69 Å². The number of aromatic nitrogens is 1. The van der Waals surface area contributed by atoms with Crippen LogP contribution in [-0.4, -0.2) is 39.2 Å². The maximum Gasteiger partial charge on any atom is 0.257 e. The lowest BCUT2D eigenvalue weighted by atomic mass is 9.96. The van der Waals surface area contributed by atoms with Gasteiger partial charge in [0.05, 0.1) is 12.1 Å². The van der Waals surface area contributed by atoms with Crippen molar-refractivity contribution in [2.45, 2.75) is 52.1 Å². The molecule has 1 aliphatic rings. The number of benzene rings is 2. The molecule has 3 amide bonds. The second-order valence-corrected chi connectivity index (χ2v) is 8.38. The van der Waals surface area contributed by atoms with Crippen LogP contribution < -0.4 is 4.90 Å². The Morgan fingerprint density at radius 1 is 1.16 bits per heavy atom. The molecule has 2 aromatic carbocycles. The van der Waals surface area contributed by atoms with Gasteiger partial charge in [-0.2, -0.15) is 0 Å². The topological polar surface area (TPSA) is 83.7 Å². The fourth-order valence-electron chi connectivity index (χ4n) is 4.08. The fourth-order valence-corrected chi connectivity index (χ4v) is 4.08. The molecule has 1 aromatic heterocycles. The van der Waals surface area contributed by atoms with Gasteiger partial charge in [-0.05, 0) is 56.7 Å². The van der Waals surface area contributed by atoms with Crippen molar-refractivity contribution >= 4 is 34.5 Å². The van der Waals surface area contributed by atoms with Crippen molar-refractivity contribution in [1.82, 2.24) is 9.88 Å². The number of anilines is 1. The molecule has 1 unspecified atom stereocenters. The molecule has 0 bridgehead atoms. The zero-order valence-electron chi connectivity index (χ0n) is 18.1. The Hall–Kier alpha value is -3.48. The number of nitrogens with zero attached hydrogens (tertiary/aromatic N) is 3. The lowest BCUT2D eigenvalue weighted by molar-refractivity contribution is -0.142. The van der Waals surface area contributed by atoms with Crippen LogP contribution in [0.3, 0.4) is 0 Å². The Bertz CT molecular complexity index is 1130. The highest BCUT2D eigenvalue weighted by Crippen LogP contribution is 2.32. The molecular formula is C24H25N3O4. The average molecular weight is 419 g/mol. The first-order valence-electron chi connectivity index (χ1n) is 10.4. The molecule has 1 saturated heterocycles. The first kappa shape index (κ1) is 20.8. The highest BCUT2D eigenvalue weighted by Gasteiger charge is 2.47. The van der Waals surface area contributed by atoms with Crippen molar-refractivity contribution < 1.29 is 18.8 Å². The van der Waals surface area contributed by atoms with Crippen LogP contribution in [0.25, 0.3) is 22.6 Å². The van der Waals surface area contributed by atoms with Gasteiger partial charge in [0.1, 0.15) is 11.6 Å². The molecule has 0 radical (unpaired) electrons. The smallest absolute Gasteiger partial charge is 0.257 e. The lowest BCUT2D eigenvalue weighted by Gasteiger charge is -2.40. The summed E-state index contributed by atoms with van der Waals surface area (Å²) in [6.07, 6.45) is 0.651. The van der Waals surface area contributed by atoms with Crippen molar-refractivity contribution in [2.24, 2.45) is 0 Å². The van der Waals surface area contributed by atoms with Crippen LogP contribution in [0.1, 0.15) is 40.5 Å². The SMILES string of the molecule is CCC(C)(C)N(C(C)=O)C1CC(=O)N(c2ccc(-c3nc4ccccc4o3)cc2)C1=O. The molecule has 160 valence electrons. The van der Waals surface area contributed by atoms with Crippen molar-refractivity contribution in [1.29, 1.82) is 0 Å². The van der Waals surface area contributed by atoms with Crippen molar-refractivity contribution in [3.05, 3.63) is 48.5 Å². The quantitative estimate of drug-likeness (QED) is 0.580. The number of carbonyl (C=O) groups excluding carboxylic acids is 3. The summed E-state index contributed by atoms with van der Waals surface area (Å²) in [6, 6.07) is 13.6. The third-order valence-corrected chi connectivity index (χ3v) is 5.96. The number of hydrogen-bond acceptors (Lipinski definition) is 5. The van der Waals surface area contributed by atoms with Gasteiger partial charge >= 0.3 is 0 Å². The van der Waals surface area contributed by atoms with Gasteiger partial charge in [-0.15, -0.1) is 0 Å². The van der Waals surface area contributed by atoms with Gasteiger partial charge in [0.25, 0.3) is 5.91 Å². The van der Waals surface area contributed by atoms with Crippen molar-refractivity contribution in [2.75, 3.05) is 4.90 Å². The van der Waals surface area contributed by atoms with E-state index in [1.54, 1.807) is 29.2 Å². The molecule has 1 atom stereocenters. The first-order chi connectivity index (χ1) is 14.7. The van der Waals surface area contributed by atoms with E-state index in [2.05, 4.69) is 4.98 Å². The molecule has 2 heterocycles. The Morgan fingerprint density at radius 3 is 2.45 bits per heavy atom. The average Bonchev–Trinajstić information content (AvgIpc) is 3.29. The van der Waals surface area contributed by atoms with E-state index in [4.69, 9.17) is 4.42 Å². The van der Waals surface area contributed by atoms with E-state index >= 15 is 0 Å². The van der Waals surface area contributed by atoms with Crippen LogP contribution in [0.2, 0.25) is 0 Å². The highest BCUT2D eigenvalue weighted by molar-refractivity contribution is 6.23. The van der Waals surface area contributed by atoms with Crippen LogP contribution in [0.5, 0.6) is 0 Å². The number of oxazole rings is 1. The predicted molar refractivity (Wildman–Crippen MR) is 117 cm³/mol. The minimum atomic E-state index is -0.795. The Balaban J connectivity index is 1.61. The molecule has 0 N–H and O–H groups in total. The number of carbonyl (C=O) groups is 3. The van der Waals surface area contributed by atoms with Gasteiger partial charge in [0.15, 0.2) is 5.58 Å². The van der Waals surface area contributed by atoms with Gasteiger partial charge < -0.3 is 9.32 Å². The summed E-state index contributed by atoms with van der Waals surface area (Å²) >= 11 is 0. The highest BCUT2D eigenvalue weighted by atomic mass is 16.3. The Morgan fingerprint density at radius 2 is 1.84 bits per heavy atom. The Kier molecular flexibility index (Phi) is 5.13. The van der Waals surface area contributed by atoms with Crippen LogP contribution in [-0.2, 0) is 14.4 Å². The normalized spacial score (nSPS) is 16.9. The van der Waals surface area contributed by atoms with E-state index in [9.17, 15) is 14.4 Å². The number of fused-ring (bicyclic) bond motifs is 1. The van der Waals surface area contributed by atoms with E-state index < -0.39 is 11.6 Å². The van der Waals surface area contributed by atoms with Gasteiger partial charge in [-0.3, -0.25) is 14.4 Å². The third-order valence-electron chi connectivity index (χ3n) is 5.96. The minimum Gasteiger partial charge on any atom is -0.436 e. The second-order valence-electron chi connectivity index (χ2n) is 8.38. The molecule has 31 heavy (non-hydrogen) atoms. The van der Waals surface area contributed by atoms with Crippen LogP contribution in [0, 0.1) is 0 Å². The number of para-hydroxylation sites is 2. The molecule has 0 spiro atoms. The van der Waals surface area contributed by atoms with E-state index in [-0.39, 0.29) is 24.1 Å². The van der Waals surface area contributed by atoms with Gasteiger partial charge in [-0.25, -0.2) is 9.88 Å². The van der Waals surface area contributed by atoms with Crippen molar-refractivity contribution in [3.8, 4) is 11.5 Å². The van der Waals surface area contributed by atoms with E-state index in [1.165, 1.54) is 11.8 Å². The number of rotatable bonds is 5. The first-order valence-corrected chi connectivity index (χ1v) is 10.4. The summed E-state index contributed by atoms with van der Waals surface area (Å²) in [5.74, 6) is -0.442. The summed E-state index contributed by atoms with van der Waals surface area (Å²) in [5, 5.41) is 0. The molecule has 3 aromatic rings. The summed E-state index contributed by atoms with van der Waals surface area (Å²) in [7, 11) is 0. The molecule has 7 nitrogen and oxygen atoms in total. The zero-order chi connectivity index (χ0) is 22.3. The Labute approximate surface area is 180 Å². The predicted octanol–water partition coefficient (Wildman–Crippen LogP) is 4.16. The largest absolute Gasteiger partial charge is 0.436 e. The molecule has 0 aliphatic carbocycles. The fraction of sp³-hybridized carbons (Fsp3) is 0.333. The molecular weight excluding hydrogens is 394 g/mol.